The topological polar surface area (TPSA) is 112 Å². The molecule has 3 atom stereocenters. The molecule has 5 rings (SSSR count). The molecule has 0 spiro atoms. The number of carboxylic acid groups (broad SMARTS) is 1. The fourth-order valence-electron chi connectivity index (χ4n) is 6.25. The fourth-order valence-corrected chi connectivity index (χ4v) is 8.05. The number of hydrogen-bond acceptors (Lipinski definition) is 6. The molecule has 3 aromatic carbocycles. The number of benzene rings is 3. The van der Waals surface area contributed by atoms with Gasteiger partial charge >= 0.3 is 12.1 Å². The third-order valence-corrected chi connectivity index (χ3v) is 10.7. The third-order valence-electron chi connectivity index (χ3n) is 8.71. The number of halogens is 3. The average Bonchev–Trinajstić information content (AvgIpc) is 3.35. The van der Waals surface area contributed by atoms with Crippen molar-refractivity contribution in [3.63, 3.8) is 0 Å². The highest BCUT2D eigenvalue weighted by Crippen LogP contribution is 2.56. The van der Waals surface area contributed by atoms with Crippen LogP contribution in [0.1, 0.15) is 65.6 Å². The molecule has 236 valence electrons. The molecule has 2 heterocycles. The molecule has 3 N–H and O–H groups in total. The Kier molecular flexibility index (Phi) is 8.58. The molecule has 0 radical (unpaired) electrons. The molecular weight excluding hydrogens is 593 g/mol. The summed E-state index contributed by atoms with van der Waals surface area (Å²) in [6.07, 6.45) is -4.27. The van der Waals surface area contributed by atoms with Crippen molar-refractivity contribution < 1.29 is 32.2 Å². The minimum atomic E-state index is -4.54. The monoisotopic (exact) mass is 630 g/mol. The lowest BCUT2D eigenvalue weighted by Gasteiger charge is -2.43. The van der Waals surface area contributed by atoms with Gasteiger partial charge in [-0.2, -0.15) is 17.5 Å². The Labute approximate surface area is 256 Å². The summed E-state index contributed by atoms with van der Waals surface area (Å²) in [7, 11) is -3.62. The molecule has 0 bridgehead atoms. The predicted molar refractivity (Wildman–Crippen MR) is 164 cm³/mol. The number of carboxylic acids is 1. The van der Waals surface area contributed by atoms with Crippen molar-refractivity contribution in [3.05, 3.63) is 87.5 Å². The summed E-state index contributed by atoms with van der Waals surface area (Å²) in [6, 6.07) is 12.6. The Morgan fingerprint density at radius 2 is 1.84 bits per heavy atom. The van der Waals surface area contributed by atoms with Crippen molar-refractivity contribution in [2.24, 2.45) is 11.8 Å². The van der Waals surface area contributed by atoms with Gasteiger partial charge in [-0.25, -0.2) is 4.68 Å². The number of aryl methyl sites for hydroxylation is 3. The maximum Gasteiger partial charge on any atom is 0.416 e. The molecule has 12 heteroatoms. The van der Waals surface area contributed by atoms with Crippen LogP contribution in [0.4, 0.5) is 13.2 Å². The number of hydrogen-bond donors (Lipinski definition) is 3. The molecule has 1 aliphatic heterocycles. The van der Waals surface area contributed by atoms with Gasteiger partial charge in [-0.15, -0.1) is 15.9 Å². The van der Waals surface area contributed by atoms with Crippen LogP contribution in [0.5, 0.6) is 0 Å². The van der Waals surface area contributed by atoms with E-state index in [1.54, 1.807) is 15.9 Å². The summed E-state index contributed by atoms with van der Waals surface area (Å²) in [5, 5.41) is 18.7. The standard InChI is InChI=1S/C32H37F3N4O4S/c1-6-39-27-11-10-26(20(4)30(27)36-37-39)29(21(5)31(40)41)22-8-7-19(3)24(14-22)17-38-16-18(2)13-23-15-25(32(33,34)35)9-12-28(23)44(38,42)43/h7-12,14-15,18,21,29,42-43H,6,13,16-17H2,1-5H3,(H,40,41)/t18-,21+,29-/m0/s1. The van der Waals surface area contributed by atoms with Crippen molar-refractivity contribution in [3.8, 4) is 0 Å². The van der Waals surface area contributed by atoms with Gasteiger partial charge < -0.3 is 5.11 Å². The molecule has 8 nitrogen and oxygen atoms in total. The molecular formula is C32H37F3N4O4S. The SMILES string of the molecule is CCn1nnc2c(C)c([C@H](c3ccc(C)c(CN4C[C@@H](C)Cc5cc(C(F)(F)F)ccc5S4(O)O)c3)[C@@H](C)C(=O)O)ccc21. The Morgan fingerprint density at radius 1 is 1.11 bits per heavy atom. The van der Waals surface area contributed by atoms with Crippen LogP contribution in [0.2, 0.25) is 0 Å². The van der Waals surface area contributed by atoms with Crippen LogP contribution in [-0.4, -0.2) is 46.0 Å². The molecule has 0 saturated heterocycles. The lowest BCUT2D eigenvalue weighted by molar-refractivity contribution is -0.141. The van der Waals surface area contributed by atoms with Crippen LogP contribution in [0.15, 0.2) is 53.4 Å². The Hall–Kier alpha value is -3.45. The smallest absolute Gasteiger partial charge is 0.416 e. The maximum atomic E-state index is 13.4. The average molecular weight is 631 g/mol. The van der Waals surface area contributed by atoms with Gasteiger partial charge in [0.2, 0.25) is 0 Å². The van der Waals surface area contributed by atoms with E-state index in [2.05, 4.69) is 10.3 Å². The first kappa shape index (κ1) is 32.0. The van der Waals surface area contributed by atoms with E-state index in [1.165, 1.54) is 6.07 Å². The van der Waals surface area contributed by atoms with Gasteiger partial charge in [-0.05, 0) is 90.8 Å². The molecule has 1 aliphatic rings. The zero-order valence-corrected chi connectivity index (χ0v) is 26.1. The predicted octanol–water partition coefficient (Wildman–Crippen LogP) is 7.66. The number of aromatic nitrogens is 3. The third kappa shape index (κ3) is 5.83. The summed E-state index contributed by atoms with van der Waals surface area (Å²) in [4.78, 5) is 12.5. The van der Waals surface area contributed by atoms with Crippen LogP contribution >= 0.6 is 10.8 Å². The lowest BCUT2D eigenvalue weighted by atomic mass is 9.79. The summed E-state index contributed by atoms with van der Waals surface area (Å²) in [6.45, 7) is 10.3. The van der Waals surface area contributed by atoms with Crippen molar-refractivity contribution in [1.29, 1.82) is 0 Å². The highest BCUT2D eigenvalue weighted by molar-refractivity contribution is 8.22. The second-order valence-electron chi connectivity index (χ2n) is 11.8. The van der Waals surface area contributed by atoms with Crippen LogP contribution in [-0.2, 0) is 30.5 Å². The van der Waals surface area contributed by atoms with E-state index >= 15 is 0 Å². The van der Waals surface area contributed by atoms with E-state index in [0.717, 1.165) is 45.5 Å². The number of aliphatic carboxylic acids is 1. The second-order valence-corrected chi connectivity index (χ2v) is 13.8. The number of nitrogens with zero attached hydrogens (tertiary/aromatic N) is 4. The molecule has 0 unspecified atom stereocenters. The molecule has 0 fully saturated rings. The minimum Gasteiger partial charge on any atom is -0.481 e. The van der Waals surface area contributed by atoms with Crippen LogP contribution in [0.25, 0.3) is 11.0 Å². The summed E-state index contributed by atoms with van der Waals surface area (Å²) in [5.74, 6) is -2.44. The highest BCUT2D eigenvalue weighted by atomic mass is 32.3. The van der Waals surface area contributed by atoms with Gasteiger partial charge in [-0.3, -0.25) is 13.9 Å². The van der Waals surface area contributed by atoms with Crippen molar-refractivity contribution in [1.82, 2.24) is 19.3 Å². The van der Waals surface area contributed by atoms with Crippen LogP contribution < -0.4 is 0 Å². The molecule has 0 aliphatic carbocycles. The van der Waals surface area contributed by atoms with Crippen molar-refractivity contribution >= 4 is 27.8 Å². The molecule has 1 aromatic heterocycles. The second kappa shape index (κ2) is 11.8. The van der Waals surface area contributed by atoms with Crippen molar-refractivity contribution in [2.75, 3.05) is 6.54 Å². The van der Waals surface area contributed by atoms with E-state index in [-0.39, 0.29) is 35.9 Å². The quantitative estimate of drug-likeness (QED) is 0.192. The van der Waals surface area contributed by atoms with Gasteiger partial charge in [0, 0.05) is 25.6 Å². The normalized spacial score (nSPS) is 19.3. The number of fused-ring (bicyclic) bond motifs is 2. The zero-order chi connectivity index (χ0) is 32.1. The highest BCUT2D eigenvalue weighted by Gasteiger charge is 2.37. The van der Waals surface area contributed by atoms with E-state index in [4.69, 9.17) is 0 Å². The van der Waals surface area contributed by atoms with E-state index in [1.807, 2.05) is 58.0 Å². The minimum absolute atomic E-state index is 0.102. The first-order chi connectivity index (χ1) is 20.6. The molecule has 0 saturated carbocycles. The summed E-state index contributed by atoms with van der Waals surface area (Å²) < 4.78 is 66.6. The molecule has 4 aromatic rings. The zero-order valence-electron chi connectivity index (χ0n) is 25.3. The Bertz CT molecular complexity index is 1720. The van der Waals surface area contributed by atoms with Crippen molar-refractivity contribution in [2.45, 2.75) is 71.1 Å². The van der Waals surface area contributed by atoms with Crippen LogP contribution in [0, 0.1) is 25.7 Å². The first-order valence-corrected chi connectivity index (χ1v) is 16.0. The molecule has 0 amide bonds. The molecule has 44 heavy (non-hydrogen) atoms. The van der Waals surface area contributed by atoms with Gasteiger partial charge in [0.1, 0.15) is 5.52 Å². The lowest BCUT2D eigenvalue weighted by Crippen LogP contribution is -2.30. The van der Waals surface area contributed by atoms with E-state index in [9.17, 15) is 32.2 Å². The van der Waals surface area contributed by atoms with Gasteiger partial charge in [0.05, 0.1) is 21.9 Å². The number of rotatable bonds is 7. The Balaban J connectivity index is 1.56. The maximum absolute atomic E-state index is 13.4. The van der Waals surface area contributed by atoms with Gasteiger partial charge in [0.15, 0.2) is 0 Å². The van der Waals surface area contributed by atoms with E-state index < -0.39 is 40.3 Å². The van der Waals surface area contributed by atoms with Crippen LogP contribution in [0.3, 0.4) is 0 Å². The first-order valence-electron chi connectivity index (χ1n) is 14.5. The summed E-state index contributed by atoms with van der Waals surface area (Å²) in [5.41, 5.74) is 5.07. The number of alkyl halides is 3. The van der Waals surface area contributed by atoms with E-state index in [0.29, 0.717) is 12.1 Å². The largest absolute Gasteiger partial charge is 0.481 e. The fraction of sp³-hybridized carbons (Fsp3) is 0.406. The summed E-state index contributed by atoms with van der Waals surface area (Å²) >= 11 is 0. The van der Waals surface area contributed by atoms with Gasteiger partial charge in [0.25, 0.3) is 0 Å². The Morgan fingerprint density at radius 3 is 2.50 bits per heavy atom. The van der Waals surface area contributed by atoms with Gasteiger partial charge in [-0.1, -0.05) is 43.3 Å². The number of carbonyl (C=O) groups is 1.